The number of fused-ring (bicyclic) bond motifs is 1. The Morgan fingerprint density at radius 3 is 2.26 bits per heavy atom. The van der Waals surface area contributed by atoms with E-state index in [1.54, 1.807) is 24.3 Å². The summed E-state index contributed by atoms with van der Waals surface area (Å²) in [5.41, 5.74) is 0.826. The molecule has 0 saturated carbocycles. The average Bonchev–Trinajstić information content (AvgIpc) is 2.50. The van der Waals surface area contributed by atoms with Gasteiger partial charge in [0.05, 0.1) is 5.92 Å². The lowest BCUT2D eigenvalue weighted by Gasteiger charge is -2.20. The first kappa shape index (κ1) is 17.3. The van der Waals surface area contributed by atoms with Crippen LogP contribution in [0.1, 0.15) is 67.2 Å². The number of hydrogen-bond donors (Lipinski definition) is 0. The molecule has 23 heavy (non-hydrogen) atoms. The van der Waals surface area contributed by atoms with E-state index in [-0.39, 0.29) is 16.8 Å². The van der Waals surface area contributed by atoms with Crippen LogP contribution in [0.5, 0.6) is 0 Å². The second-order valence-corrected chi connectivity index (χ2v) is 7.21. The van der Waals surface area contributed by atoms with Crippen molar-refractivity contribution in [3.05, 3.63) is 47.5 Å². The van der Waals surface area contributed by atoms with Crippen molar-refractivity contribution in [3.63, 3.8) is 0 Å². The fraction of sp³-hybridized carbons (Fsp3) is 0.450. The van der Waals surface area contributed by atoms with Gasteiger partial charge in [-0.05, 0) is 24.7 Å². The molecule has 2 rings (SSSR count). The van der Waals surface area contributed by atoms with Crippen molar-refractivity contribution < 1.29 is 14.4 Å². The van der Waals surface area contributed by atoms with Gasteiger partial charge in [-0.25, -0.2) is 0 Å². The van der Waals surface area contributed by atoms with E-state index in [0.717, 1.165) is 19.3 Å². The summed E-state index contributed by atoms with van der Waals surface area (Å²) in [6, 6.07) is 6.61. The van der Waals surface area contributed by atoms with E-state index in [2.05, 4.69) is 32.9 Å². The molecule has 0 amide bonds. The number of rotatable bonds is 5. The molecule has 1 aliphatic rings. The van der Waals surface area contributed by atoms with Gasteiger partial charge >= 0.3 is 0 Å². The summed E-state index contributed by atoms with van der Waals surface area (Å²) < 4.78 is 0. The summed E-state index contributed by atoms with van der Waals surface area (Å²) in [5.74, 6) is -2.05. The van der Waals surface area contributed by atoms with Crippen LogP contribution in [0.25, 0.3) is 0 Å². The van der Waals surface area contributed by atoms with E-state index < -0.39 is 17.5 Å². The normalized spacial score (nSPS) is 18.6. The minimum atomic E-state index is -0.788. The molecule has 1 aliphatic carbocycles. The van der Waals surface area contributed by atoms with Gasteiger partial charge in [0.1, 0.15) is 0 Å². The molecule has 3 nitrogen and oxygen atoms in total. The lowest BCUT2D eigenvalue weighted by molar-refractivity contribution is -0.117. The molecule has 122 valence electrons. The molecule has 1 aromatic rings. The Morgan fingerprint density at radius 2 is 1.61 bits per heavy atom. The smallest absolute Gasteiger partial charge is 0.230 e. The molecule has 1 unspecified atom stereocenters. The van der Waals surface area contributed by atoms with Crippen LogP contribution < -0.4 is 0 Å². The number of Topliss-reactive ketones (excluding diaryl/α,β-unsaturated/α-hetero) is 3. The maximum Gasteiger partial charge on any atom is 0.230 e. The molecule has 0 saturated heterocycles. The van der Waals surface area contributed by atoms with Crippen molar-refractivity contribution in [1.29, 1.82) is 0 Å². The number of allylic oxidation sites excluding steroid dienone is 2. The van der Waals surface area contributed by atoms with Gasteiger partial charge in [-0.1, -0.05) is 63.6 Å². The first-order valence-corrected chi connectivity index (χ1v) is 8.21. The molecule has 0 fully saturated rings. The zero-order valence-electron chi connectivity index (χ0n) is 14.1. The summed E-state index contributed by atoms with van der Waals surface area (Å²) in [5, 5.41) is 0. The first-order valence-electron chi connectivity index (χ1n) is 8.21. The van der Waals surface area contributed by atoms with Gasteiger partial charge in [0, 0.05) is 11.1 Å². The number of hydrogen-bond acceptors (Lipinski definition) is 3. The van der Waals surface area contributed by atoms with Crippen molar-refractivity contribution >= 4 is 17.3 Å². The van der Waals surface area contributed by atoms with Gasteiger partial charge < -0.3 is 0 Å². The van der Waals surface area contributed by atoms with E-state index in [1.165, 1.54) is 0 Å². The predicted octanol–water partition coefficient (Wildman–Crippen LogP) is 4.41. The Labute approximate surface area is 137 Å². The Bertz CT molecular complexity index is 647. The molecule has 0 aromatic heterocycles. The van der Waals surface area contributed by atoms with E-state index in [1.807, 2.05) is 0 Å². The minimum absolute atomic E-state index is 0.172. The zero-order chi connectivity index (χ0) is 17.0. The van der Waals surface area contributed by atoms with Crippen molar-refractivity contribution in [1.82, 2.24) is 0 Å². The fourth-order valence-corrected chi connectivity index (χ4v) is 2.80. The molecule has 0 heterocycles. The van der Waals surface area contributed by atoms with E-state index >= 15 is 0 Å². The van der Waals surface area contributed by atoms with Crippen molar-refractivity contribution in [2.75, 3.05) is 0 Å². The third-order valence-corrected chi connectivity index (χ3v) is 4.03. The lowest BCUT2D eigenvalue weighted by Crippen LogP contribution is -2.36. The highest BCUT2D eigenvalue weighted by Gasteiger charge is 2.39. The average molecular weight is 312 g/mol. The number of benzene rings is 1. The summed E-state index contributed by atoms with van der Waals surface area (Å²) in [7, 11) is 0. The van der Waals surface area contributed by atoms with Crippen molar-refractivity contribution in [3.8, 4) is 0 Å². The first-order chi connectivity index (χ1) is 10.8. The molecule has 0 N–H and O–H groups in total. The van der Waals surface area contributed by atoms with Gasteiger partial charge in [-0.2, -0.15) is 0 Å². The maximum atomic E-state index is 12.4. The van der Waals surface area contributed by atoms with Gasteiger partial charge in [0.15, 0.2) is 5.78 Å². The van der Waals surface area contributed by atoms with Gasteiger partial charge in [0.25, 0.3) is 0 Å². The van der Waals surface area contributed by atoms with Crippen molar-refractivity contribution in [2.24, 2.45) is 11.3 Å². The van der Waals surface area contributed by atoms with Crippen LogP contribution in [0, 0.1) is 11.3 Å². The highest BCUT2D eigenvalue weighted by molar-refractivity contribution is 6.51. The Kier molecular flexibility index (Phi) is 5.30. The van der Waals surface area contributed by atoms with Gasteiger partial charge in [-0.3, -0.25) is 14.4 Å². The third-order valence-electron chi connectivity index (χ3n) is 4.03. The van der Waals surface area contributed by atoms with Crippen LogP contribution in [0.2, 0.25) is 0 Å². The zero-order valence-corrected chi connectivity index (χ0v) is 14.1. The highest BCUT2D eigenvalue weighted by atomic mass is 16.2. The number of ketones is 3. The molecule has 0 radical (unpaired) electrons. The molecule has 0 spiro atoms. The van der Waals surface area contributed by atoms with Crippen LogP contribution in [0.3, 0.4) is 0 Å². The second-order valence-electron chi connectivity index (χ2n) is 7.21. The van der Waals surface area contributed by atoms with Crippen LogP contribution in [0.15, 0.2) is 36.4 Å². The van der Waals surface area contributed by atoms with E-state index in [4.69, 9.17) is 0 Å². The SMILES string of the molecule is CC(C)(C)C=CCCCCC1C(=O)C(=O)c2ccccc2C1=O. The standard InChI is InChI=1S/C20H24O3/c1-20(2,3)13-9-5-4-6-12-16-17(21)14-10-7-8-11-15(14)18(22)19(16)23/h7-11,13,16H,4-6,12H2,1-3H3. The molecule has 3 heteroatoms. The molecular formula is C20H24O3. The molecular weight excluding hydrogens is 288 g/mol. The number of carbonyl (C=O) groups is 3. The summed E-state index contributed by atoms with van der Waals surface area (Å²) in [6.07, 6.45) is 7.39. The Hall–Kier alpha value is -2.03. The maximum absolute atomic E-state index is 12.4. The van der Waals surface area contributed by atoms with E-state index in [9.17, 15) is 14.4 Å². The molecule has 1 aromatic carbocycles. The summed E-state index contributed by atoms with van der Waals surface area (Å²) in [6.45, 7) is 6.43. The van der Waals surface area contributed by atoms with Crippen LogP contribution in [0.4, 0.5) is 0 Å². The highest BCUT2D eigenvalue weighted by Crippen LogP contribution is 2.27. The van der Waals surface area contributed by atoms with Crippen LogP contribution >= 0.6 is 0 Å². The summed E-state index contributed by atoms with van der Waals surface area (Å²) >= 11 is 0. The third kappa shape index (κ3) is 4.25. The largest absolute Gasteiger partial charge is 0.293 e. The number of unbranched alkanes of at least 4 members (excludes halogenated alkanes) is 2. The Morgan fingerprint density at radius 1 is 0.957 bits per heavy atom. The molecule has 0 aliphatic heterocycles. The predicted molar refractivity (Wildman–Crippen MR) is 90.7 cm³/mol. The molecule has 0 bridgehead atoms. The van der Waals surface area contributed by atoms with Crippen LogP contribution in [-0.2, 0) is 4.79 Å². The molecule has 1 atom stereocenters. The van der Waals surface area contributed by atoms with E-state index in [0.29, 0.717) is 12.0 Å². The quantitative estimate of drug-likeness (QED) is 0.350. The lowest BCUT2D eigenvalue weighted by atomic mass is 9.78. The van der Waals surface area contributed by atoms with Crippen LogP contribution in [-0.4, -0.2) is 17.3 Å². The van der Waals surface area contributed by atoms with Crippen molar-refractivity contribution in [2.45, 2.75) is 46.5 Å². The summed E-state index contributed by atoms with van der Waals surface area (Å²) in [4.78, 5) is 36.7. The van der Waals surface area contributed by atoms with Gasteiger partial charge in [0.2, 0.25) is 11.6 Å². The number of carbonyl (C=O) groups excluding carboxylic acids is 3. The minimum Gasteiger partial charge on any atom is -0.293 e. The van der Waals surface area contributed by atoms with Gasteiger partial charge in [-0.15, -0.1) is 0 Å². The Balaban J connectivity index is 1.94. The topological polar surface area (TPSA) is 51.2 Å². The fourth-order valence-electron chi connectivity index (χ4n) is 2.80. The monoisotopic (exact) mass is 312 g/mol. The second kappa shape index (κ2) is 7.03.